The van der Waals surface area contributed by atoms with Gasteiger partial charge in [-0.3, -0.25) is 4.90 Å². The quantitative estimate of drug-likeness (QED) is 0.873. The van der Waals surface area contributed by atoms with E-state index in [-0.39, 0.29) is 17.4 Å². The summed E-state index contributed by atoms with van der Waals surface area (Å²) in [5, 5.41) is 3.41. The Balaban J connectivity index is 2.02. The molecule has 1 heterocycles. The predicted molar refractivity (Wildman–Crippen MR) is 83.9 cm³/mol. The third-order valence-electron chi connectivity index (χ3n) is 4.24. The summed E-state index contributed by atoms with van der Waals surface area (Å²) in [5.41, 5.74) is 0.829. The van der Waals surface area contributed by atoms with Gasteiger partial charge in [-0.2, -0.15) is 0 Å². The molecule has 1 atom stereocenters. The number of halogens is 1. The molecule has 1 aromatic carbocycles. The molecule has 21 heavy (non-hydrogen) atoms. The molecule has 1 aliphatic rings. The van der Waals surface area contributed by atoms with Gasteiger partial charge in [-0.25, -0.2) is 4.39 Å². The van der Waals surface area contributed by atoms with Gasteiger partial charge in [-0.1, -0.05) is 25.1 Å². The Morgan fingerprint density at radius 3 is 2.81 bits per heavy atom. The van der Waals surface area contributed by atoms with E-state index in [9.17, 15) is 4.39 Å². The molecule has 0 saturated carbocycles. The molecule has 4 heteroatoms. The second-order valence-electron chi connectivity index (χ2n) is 6.27. The maximum absolute atomic E-state index is 14.0. The molecule has 1 fully saturated rings. The molecule has 0 radical (unpaired) electrons. The highest BCUT2D eigenvalue weighted by Gasteiger charge is 2.30. The molecule has 0 aliphatic carbocycles. The molecular formula is C17H27FN2O. The second kappa shape index (κ2) is 7.34. The first-order valence-corrected chi connectivity index (χ1v) is 7.85. The number of hydrogen-bond acceptors (Lipinski definition) is 3. The molecular weight excluding hydrogens is 267 g/mol. The van der Waals surface area contributed by atoms with Crippen LogP contribution in [0.5, 0.6) is 0 Å². The highest BCUT2D eigenvalue weighted by Crippen LogP contribution is 2.24. The van der Waals surface area contributed by atoms with Gasteiger partial charge in [0.05, 0.1) is 13.2 Å². The van der Waals surface area contributed by atoms with E-state index in [4.69, 9.17) is 4.74 Å². The molecule has 1 aromatic rings. The Labute approximate surface area is 127 Å². The van der Waals surface area contributed by atoms with E-state index in [1.807, 2.05) is 12.1 Å². The molecule has 2 rings (SSSR count). The predicted octanol–water partition coefficient (Wildman–Crippen LogP) is 2.98. The first-order valence-electron chi connectivity index (χ1n) is 7.85. The van der Waals surface area contributed by atoms with Crippen LogP contribution < -0.4 is 5.32 Å². The van der Waals surface area contributed by atoms with Crippen LogP contribution in [0, 0.1) is 5.82 Å². The standard InChI is InChI=1S/C17H27FN2O/c1-4-19-16(14-7-5-6-8-15(14)18)9-10-20-11-12-21-13-17(20,2)3/h5-8,16,19H,4,9-13H2,1-3H3. The van der Waals surface area contributed by atoms with E-state index in [0.717, 1.165) is 44.8 Å². The molecule has 1 aliphatic heterocycles. The van der Waals surface area contributed by atoms with Crippen molar-refractivity contribution in [1.82, 2.24) is 10.2 Å². The lowest BCUT2D eigenvalue weighted by Gasteiger charge is -2.42. The van der Waals surface area contributed by atoms with Crippen LogP contribution in [0.2, 0.25) is 0 Å². The number of rotatable bonds is 6. The summed E-state index contributed by atoms with van der Waals surface area (Å²) in [6, 6.07) is 7.13. The Hall–Kier alpha value is -0.970. The van der Waals surface area contributed by atoms with Crippen LogP contribution in [-0.4, -0.2) is 43.3 Å². The maximum Gasteiger partial charge on any atom is 0.127 e. The first kappa shape index (κ1) is 16.4. The van der Waals surface area contributed by atoms with E-state index in [2.05, 4.69) is 31.0 Å². The van der Waals surface area contributed by atoms with Gasteiger partial charge in [-0.15, -0.1) is 0 Å². The van der Waals surface area contributed by atoms with Crippen molar-refractivity contribution in [3.8, 4) is 0 Å². The van der Waals surface area contributed by atoms with Crippen molar-refractivity contribution in [2.45, 2.75) is 38.8 Å². The Kier molecular flexibility index (Phi) is 5.73. The second-order valence-corrected chi connectivity index (χ2v) is 6.27. The summed E-state index contributed by atoms with van der Waals surface area (Å²) >= 11 is 0. The van der Waals surface area contributed by atoms with Crippen molar-refractivity contribution >= 4 is 0 Å². The maximum atomic E-state index is 14.0. The molecule has 0 spiro atoms. The van der Waals surface area contributed by atoms with E-state index in [1.54, 1.807) is 12.1 Å². The number of ether oxygens (including phenoxy) is 1. The smallest absolute Gasteiger partial charge is 0.127 e. The zero-order chi connectivity index (χ0) is 15.3. The average molecular weight is 294 g/mol. The number of nitrogens with one attached hydrogen (secondary N) is 1. The van der Waals surface area contributed by atoms with Crippen molar-refractivity contribution in [3.63, 3.8) is 0 Å². The fraction of sp³-hybridized carbons (Fsp3) is 0.647. The monoisotopic (exact) mass is 294 g/mol. The molecule has 1 N–H and O–H groups in total. The molecule has 3 nitrogen and oxygen atoms in total. The van der Waals surface area contributed by atoms with Crippen LogP contribution in [0.1, 0.15) is 38.8 Å². The fourth-order valence-electron chi connectivity index (χ4n) is 2.96. The molecule has 0 aromatic heterocycles. The first-order chi connectivity index (χ1) is 10.0. The van der Waals surface area contributed by atoms with Crippen LogP contribution in [0.3, 0.4) is 0 Å². The number of morpholine rings is 1. The van der Waals surface area contributed by atoms with Gasteiger partial charge < -0.3 is 10.1 Å². The Morgan fingerprint density at radius 2 is 2.14 bits per heavy atom. The van der Waals surface area contributed by atoms with Crippen molar-refractivity contribution in [1.29, 1.82) is 0 Å². The number of benzene rings is 1. The number of hydrogen-bond donors (Lipinski definition) is 1. The highest BCUT2D eigenvalue weighted by atomic mass is 19.1. The summed E-state index contributed by atoms with van der Waals surface area (Å²) < 4.78 is 19.6. The minimum atomic E-state index is -0.121. The van der Waals surface area contributed by atoms with Gasteiger partial charge >= 0.3 is 0 Å². The lowest BCUT2D eigenvalue weighted by Crippen LogP contribution is -2.53. The van der Waals surface area contributed by atoms with Crippen LogP contribution in [-0.2, 0) is 4.74 Å². The van der Waals surface area contributed by atoms with Gasteiger partial charge in [0.15, 0.2) is 0 Å². The van der Waals surface area contributed by atoms with Crippen molar-refractivity contribution in [2.75, 3.05) is 32.8 Å². The fourth-order valence-corrected chi connectivity index (χ4v) is 2.96. The van der Waals surface area contributed by atoms with Gasteiger partial charge in [0.2, 0.25) is 0 Å². The average Bonchev–Trinajstić information content (AvgIpc) is 2.45. The Morgan fingerprint density at radius 1 is 1.38 bits per heavy atom. The minimum absolute atomic E-state index is 0.0598. The summed E-state index contributed by atoms with van der Waals surface area (Å²) in [6.45, 7) is 10.8. The van der Waals surface area contributed by atoms with Gasteiger partial charge in [0.25, 0.3) is 0 Å². The highest BCUT2D eigenvalue weighted by molar-refractivity contribution is 5.21. The molecule has 1 unspecified atom stereocenters. The van der Waals surface area contributed by atoms with Crippen molar-refractivity contribution in [3.05, 3.63) is 35.6 Å². The number of nitrogens with zero attached hydrogens (tertiary/aromatic N) is 1. The third kappa shape index (κ3) is 4.25. The van der Waals surface area contributed by atoms with Gasteiger partial charge in [-0.05, 0) is 32.9 Å². The molecule has 118 valence electrons. The normalized spacial score (nSPS) is 20.4. The third-order valence-corrected chi connectivity index (χ3v) is 4.24. The van der Waals surface area contributed by atoms with Crippen LogP contribution in [0.25, 0.3) is 0 Å². The lowest BCUT2D eigenvalue weighted by atomic mass is 9.99. The Bertz CT molecular complexity index is 450. The molecule has 0 amide bonds. The SMILES string of the molecule is CCNC(CCN1CCOCC1(C)C)c1ccccc1F. The topological polar surface area (TPSA) is 24.5 Å². The van der Waals surface area contributed by atoms with E-state index in [0.29, 0.717) is 0 Å². The van der Waals surface area contributed by atoms with Crippen molar-refractivity contribution < 1.29 is 9.13 Å². The van der Waals surface area contributed by atoms with E-state index in [1.165, 1.54) is 0 Å². The lowest BCUT2D eigenvalue weighted by molar-refractivity contribution is -0.0521. The largest absolute Gasteiger partial charge is 0.378 e. The van der Waals surface area contributed by atoms with E-state index < -0.39 is 0 Å². The van der Waals surface area contributed by atoms with Crippen LogP contribution >= 0.6 is 0 Å². The molecule has 1 saturated heterocycles. The van der Waals surface area contributed by atoms with Crippen LogP contribution in [0.4, 0.5) is 4.39 Å². The van der Waals surface area contributed by atoms with Gasteiger partial charge in [0.1, 0.15) is 5.82 Å². The summed E-state index contributed by atoms with van der Waals surface area (Å²) in [6.07, 6.45) is 0.901. The van der Waals surface area contributed by atoms with Gasteiger partial charge in [0, 0.05) is 30.2 Å². The van der Waals surface area contributed by atoms with Crippen LogP contribution in [0.15, 0.2) is 24.3 Å². The zero-order valence-electron chi connectivity index (χ0n) is 13.4. The summed E-state index contributed by atoms with van der Waals surface area (Å²) in [7, 11) is 0. The van der Waals surface area contributed by atoms with E-state index >= 15 is 0 Å². The van der Waals surface area contributed by atoms with Crippen molar-refractivity contribution in [2.24, 2.45) is 0 Å². The molecule has 0 bridgehead atoms. The summed E-state index contributed by atoms with van der Waals surface area (Å²) in [4.78, 5) is 2.45. The zero-order valence-corrected chi connectivity index (χ0v) is 13.4. The minimum Gasteiger partial charge on any atom is -0.378 e. The summed E-state index contributed by atoms with van der Waals surface area (Å²) in [5.74, 6) is -0.121.